The summed E-state index contributed by atoms with van der Waals surface area (Å²) in [5.74, 6) is -0.412. The molecular formula is C24H26ClN5O3. The molecule has 3 aromatic rings. The van der Waals surface area contributed by atoms with Crippen LogP contribution in [-0.2, 0) is 4.79 Å². The molecule has 1 aliphatic heterocycles. The lowest BCUT2D eigenvalue weighted by Gasteiger charge is -2.34. The van der Waals surface area contributed by atoms with Crippen molar-refractivity contribution in [2.24, 2.45) is 5.73 Å². The van der Waals surface area contributed by atoms with Gasteiger partial charge in [0.05, 0.1) is 10.7 Å². The minimum atomic E-state index is -0.765. The number of nitrogens with zero attached hydrogens (tertiary/aromatic N) is 3. The molecule has 1 aromatic heterocycles. The Labute approximate surface area is 197 Å². The van der Waals surface area contributed by atoms with Crippen molar-refractivity contribution in [2.75, 3.05) is 38.1 Å². The highest BCUT2D eigenvalue weighted by molar-refractivity contribution is 6.33. The van der Waals surface area contributed by atoms with Crippen LogP contribution in [0.15, 0.2) is 53.1 Å². The highest BCUT2D eigenvalue weighted by Crippen LogP contribution is 2.33. The molecule has 1 fully saturated rings. The molecule has 0 bridgehead atoms. The summed E-state index contributed by atoms with van der Waals surface area (Å²) in [5.41, 5.74) is 8.74. The monoisotopic (exact) mass is 467 g/mol. The molecule has 172 valence electrons. The Hall–Kier alpha value is -3.36. The Balaban J connectivity index is 1.52. The molecule has 2 amide bonds. The van der Waals surface area contributed by atoms with Gasteiger partial charge in [0, 0.05) is 48.9 Å². The number of halogens is 1. The Morgan fingerprint density at radius 2 is 1.85 bits per heavy atom. The van der Waals surface area contributed by atoms with Gasteiger partial charge in [0.2, 0.25) is 5.91 Å². The van der Waals surface area contributed by atoms with Crippen LogP contribution in [0.1, 0.15) is 17.3 Å². The van der Waals surface area contributed by atoms with E-state index < -0.39 is 17.9 Å². The first kappa shape index (κ1) is 22.8. The van der Waals surface area contributed by atoms with Crippen LogP contribution in [0.4, 0.5) is 5.69 Å². The van der Waals surface area contributed by atoms with E-state index in [9.17, 15) is 9.59 Å². The Bertz CT molecular complexity index is 1170. The quantitative estimate of drug-likeness (QED) is 0.577. The summed E-state index contributed by atoms with van der Waals surface area (Å²) in [6.07, 6.45) is 0. The van der Waals surface area contributed by atoms with Crippen LogP contribution in [0, 0.1) is 0 Å². The molecule has 8 nitrogen and oxygen atoms in total. The fraction of sp³-hybridized carbons (Fsp3) is 0.292. The van der Waals surface area contributed by atoms with Crippen molar-refractivity contribution < 1.29 is 14.1 Å². The number of aromatic nitrogens is 1. The largest absolute Gasteiger partial charge is 0.368 e. The van der Waals surface area contributed by atoms with Gasteiger partial charge in [-0.15, -0.1) is 0 Å². The van der Waals surface area contributed by atoms with Crippen molar-refractivity contribution in [3.8, 4) is 22.6 Å². The van der Waals surface area contributed by atoms with E-state index in [1.54, 1.807) is 18.2 Å². The van der Waals surface area contributed by atoms with Crippen molar-refractivity contribution in [3.05, 3.63) is 59.1 Å². The van der Waals surface area contributed by atoms with Crippen LogP contribution in [0.5, 0.6) is 0 Å². The van der Waals surface area contributed by atoms with Gasteiger partial charge < -0.3 is 25.4 Å². The third-order valence-electron chi connectivity index (χ3n) is 5.78. The summed E-state index contributed by atoms with van der Waals surface area (Å²) in [6, 6.07) is 13.8. The van der Waals surface area contributed by atoms with E-state index in [0.29, 0.717) is 27.6 Å². The fourth-order valence-electron chi connectivity index (χ4n) is 3.68. The minimum absolute atomic E-state index is 0.391. The van der Waals surface area contributed by atoms with Crippen molar-refractivity contribution >= 4 is 29.1 Å². The predicted molar refractivity (Wildman–Crippen MR) is 128 cm³/mol. The van der Waals surface area contributed by atoms with Gasteiger partial charge in [-0.25, -0.2) is 0 Å². The number of carbonyl (C=O) groups excluding carboxylic acids is 2. The molecule has 2 aromatic carbocycles. The second-order valence-corrected chi connectivity index (χ2v) is 8.62. The number of likely N-dealkylation sites (N-methyl/N-ethyl adjacent to an activating group) is 1. The number of nitrogens with two attached hydrogens (primary N) is 1. The number of carbonyl (C=O) groups is 2. The zero-order chi connectivity index (χ0) is 23.5. The van der Waals surface area contributed by atoms with Crippen LogP contribution in [0.2, 0.25) is 5.02 Å². The van der Waals surface area contributed by atoms with Gasteiger partial charge in [0.1, 0.15) is 11.7 Å². The van der Waals surface area contributed by atoms with E-state index in [-0.39, 0.29) is 0 Å². The molecule has 0 spiro atoms. The van der Waals surface area contributed by atoms with Crippen LogP contribution in [-0.4, -0.2) is 61.1 Å². The van der Waals surface area contributed by atoms with E-state index in [0.717, 1.165) is 37.4 Å². The first-order valence-corrected chi connectivity index (χ1v) is 11.1. The molecular weight excluding hydrogens is 442 g/mol. The molecule has 0 radical (unpaired) electrons. The molecule has 2 heterocycles. The molecule has 3 N–H and O–H groups in total. The van der Waals surface area contributed by atoms with E-state index in [2.05, 4.69) is 27.3 Å². The SMILES string of the molecule is CC(NC(=O)c1cccc(-c2cc(-c3ccc(N4CCN(C)CC4)c(Cl)c3)on2)c1)C(N)=O. The van der Waals surface area contributed by atoms with Crippen LogP contribution < -0.4 is 16.0 Å². The van der Waals surface area contributed by atoms with Gasteiger partial charge >= 0.3 is 0 Å². The van der Waals surface area contributed by atoms with Crippen molar-refractivity contribution in [1.82, 2.24) is 15.4 Å². The molecule has 0 aliphatic carbocycles. The lowest BCUT2D eigenvalue weighted by Crippen LogP contribution is -2.44. The smallest absolute Gasteiger partial charge is 0.251 e. The number of nitrogens with one attached hydrogen (secondary N) is 1. The zero-order valence-corrected chi connectivity index (χ0v) is 19.3. The number of hydrogen-bond acceptors (Lipinski definition) is 6. The topological polar surface area (TPSA) is 105 Å². The summed E-state index contributed by atoms with van der Waals surface area (Å²) in [6.45, 7) is 5.41. The third kappa shape index (κ3) is 5.18. The maximum atomic E-state index is 12.4. The first-order valence-electron chi connectivity index (χ1n) is 10.7. The van der Waals surface area contributed by atoms with Gasteiger partial charge in [0.25, 0.3) is 5.91 Å². The third-order valence-corrected chi connectivity index (χ3v) is 6.08. The molecule has 1 unspecified atom stereocenters. The lowest BCUT2D eigenvalue weighted by atomic mass is 10.1. The molecule has 1 atom stereocenters. The van der Waals surface area contributed by atoms with Gasteiger partial charge in [-0.2, -0.15) is 0 Å². The second-order valence-electron chi connectivity index (χ2n) is 8.21. The van der Waals surface area contributed by atoms with Crippen molar-refractivity contribution in [2.45, 2.75) is 13.0 Å². The van der Waals surface area contributed by atoms with E-state index in [1.807, 2.05) is 30.3 Å². The standard InChI is InChI=1S/C24H26ClN5O3/c1-15(23(26)31)27-24(32)18-5-3-4-16(12-18)20-14-22(33-28-20)17-6-7-21(19(25)13-17)30-10-8-29(2)9-11-30/h3-7,12-15H,8-11H2,1-2H3,(H2,26,31)(H,27,32). The maximum absolute atomic E-state index is 12.4. The number of amides is 2. The van der Waals surface area contributed by atoms with E-state index in [1.165, 1.54) is 6.92 Å². The Kier molecular flexibility index (Phi) is 6.67. The van der Waals surface area contributed by atoms with Crippen LogP contribution in [0.25, 0.3) is 22.6 Å². The Morgan fingerprint density at radius 3 is 2.55 bits per heavy atom. The molecule has 1 aliphatic rings. The van der Waals surface area contributed by atoms with Gasteiger partial charge in [0.15, 0.2) is 5.76 Å². The minimum Gasteiger partial charge on any atom is -0.368 e. The number of piperazine rings is 1. The summed E-state index contributed by atoms with van der Waals surface area (Å²) in [4.78, 5) is 28.2. The number of anilines is 1. The van der Waals surface area contributed by atoms with Crippen LogP contribution >= 0.6 is 11.6 Å². The Morgan fingerprint density at radius 1 is 1.09 bits per heavy atom. The summed E-state index contributed by atoms with van der Waals surface area (Å²) >= 11 is 6.60. The molecule has 0 saturated carbocycles. The zero-order valence-electron chi connectivity index (χ0n) is 18.5. The highest BCUT2D eigenvalue weighted by Gasteiger charge is 2.19. The molecule has 33 heavy (non-hydrogen) atoms. The first-order chi connectivity index (χ1) is 15.8. The lowest BCUT2D eigenvalue weighted by molar-refractivity contribution is -0.119. The summed E-state index contributed by atoms with van der Waals surface area (Å²) in [7, 11) is 2.12. The fourth-order valence-corrected chi connectivity index (χ4v) is 3.98. The van der Waals surface area contributed by atoms with E-state index in [4.69, 9.17) is 21.9 Å². The maximum Gasteiger partial charge on any atom is 0.251 e. The number of benzene rings is 2. The summed E-state index contributed by atoms with van der Waals surface area (Å²) < 4.78 is 5.57. The number of hydrogen-bond donors (Lipinski definition) is 2. The highest BCUT2D eigenvalue weighted by atomic mass is 35.5. The normalized spacial score (nSPS) is 15.3. The number of primary amides is 1. The van der Waals surface area contributed by atoms with Crippen molar-refractivity contribution in [1.29, 1.82) is 0 Å². The van der Waals surface area contributed by atoms with Gasteiger partial charge in [-0.1, -0.05) is 28.9 Å². The average molecular weight is 468 g/mol. The molecule has 1 saturated heterocycles. The molecule has 4 rings (SSSR count). The summed E-state index contributed by atoms with van der Waals surface area (Å²) in [5, 5.41) is 7.39. The van der Waals surface area contributed by atoms with Gasteiger partial charge in [-0.3, -0.25) is 9.59 Å². The average Bonchev–Trinajstić information content (AvgIpc) is 3.30. The number of rotatable bonds is 6. The second kappa shape index (κ2) is 9.64. The predicted octanol–water partition coefficient (Wildman–Crippen LogP) is 3.02. The van der Waals surface area contributed by atoms with Gasteiger partial charge in [-0.05, 0) is 44.3 Å². The molecule has 9 heteroatoms. The van der Waals surface area contributed by atoms with Crippen molar-refractivity contribution in [3.63, 3.8) is 0 Å². The van der Waals surface area contributed by atoms with Crippen LogP contribution in [0.3, 0.4) is 0 Å². The van der Waals surface area contributed by atoms with E-state index >= 15 is 0 Å².